The van der Waals surface area contributed by atoms with Crippen LogP contribution in [-0.4, -0.2) is 5.78 Å². The summed E-state index contributed by atoms with van der Waals surface area (Å²) in [5.74, 6) is 0.327. The van der Waals surface area contributed by atoms with E-state index >= 15 is 0 Å². The molecular weight excluding hydrogens is 124 g/mol. The average molecular weight is 136 g/mol. The highest BCUT2D eigenvalue weighted by molar-refractivity contribution is 5.95. The molecule has 1 rings (SSSR count). The maximum Gasteiger partial charge on any atom is 0.162 e. The minimum absolute atomic E-state index is 0.102. The van der Waals surface area contributed by atoms with E-state index in [1.165, 1.54) is 11.1 Å². The molecule has 1 atom stereocenters. The van der Waals surface area contributed by atoms with Crippen LogP contribution in [0.3, 0.4) is 0 Å². The van der Waals surface area contributed by atoms with E-state index in [-0.39, 0.29) is 11.7 Å². The highest BCUT2D eigenvalue weighted by atomic mass is 16.1. The van der Waals surface area contributed by atoms with Gasteiger partial charge in [0.05, 0.1) is 0 Å². The fraction of sp³-hybridized carbons (Fsp3) is 0.444. The zero-order valence-electron chi connectivity index (χ0n) is 6.64. The number of hydrogen-bond acceptors (Lipinski definition) is 1. The Morgan fingerprint density at radius 3 is 2.40 bits per heavy atom. The molecule has 1 nitrogen and oxygen atoms in total. The highest BCUT2D eigenvalue weighted by Gasteiger charge is 2.16. The number of rotatable bonds is 0. The van der Waals surface area contributed by atoms with Gasteiger partial charge in [-0.1, -0.05) is 24.1 Å². The van der Waals surface area contributed by atoms with Gasteiger partial charge in [0.1, 0.15) is 0 Å². The second-order valence-electron chi connectivity index (χ2n) is 2.82. The summed E-state index contributed by atoms with van der Waals surface area (Å²) in [4.78, 5) is 11.0. The molecule has 0 saturated heterocycles. The molecule has 0 fully saturated rings. The first-order valence-electron chi connectivity index (χ1n) is 3.52. The summed E-state index contributed by atoms with van der Waals surface area (Å²) in [6.45, 7) is 6.00. The van der Waals surface area contributed by atoms with Gasteiger partial charge in [-0.25, -0.2) is 0 Å². The van der Waals surface area contributed by atoms with Crippen LogP contribution in [0.15, 0.2) is 23.3 Å². The molecule has 1 heteroatoms. The molecule has 10 heavy (non-hydrogen) atoms. The van der Waals surface area contributed by atoms with Gasteiger partial charge in [0.15, 0.2) is 5.78 Å². The molecule has 0 bridgehead atoms. The molecule has 0 aliphatic heterocycles. The van der Waals surface area contributed by atoms with Gasteiger partial charge in [-0.15, -0.1) is 0 Å². The van der Waals surface area contributed by atoms with E-state index in [4.69, 9.17) is 0 Å². The van der Waals surface area contributed by atoms with Crippen LogP contribution in [0, 0.1) is 5.92 Å². The van der Waals surface area contributed by atoms with Crippen LogP contribution in [0.1, 0.15) is 20.8 Å². The van der Waals surface area contributed by atoms with Gasteiger partial charge in [0, 0.05) is 5.92 Å². The van der Waals surface area contributed by atoms with E-state index in [2.05, 4.69) is 0 Å². The van der Waals surface area contributed by atoms with Crippen molar-refractivity contribution in [1.29, 1.82) is 0 Å². The molecule has 0 aromatic heterocycles. The van der Waals surface area contributed by atoms with E-state index < -0.39 is 0 Å². The minimum Gasteiger partial charge on any atom is -0.294 e. The van der Waals surface area contributed by atoms with Crippen molar-refractivity contribution in [1.82, 2.24) is 0 Å². The van der Waals surface area contributed by atoms with Crippen molar-refractivity contribution in [3.05, 3.63) is 23.3 Å². The summed E-state index contributed by atoms with van der Waals surface area (Å²) in [6.07, 6.45) is 3.55. The molecule has 1 aliphatic rings. The lowest BCUT2D eigenvalue weighted by atomic mass is 9.89. The Labute approximate surface area is 61.4 Å². The number of hydrogen-bond donors (Lipinski definition) is 0. The van der Waals surface area contributed by atoms with Crippen molar-refractivity contribution in [2.75, 3.05) is 0 Å². The Bertz CT molecular complexity index is 221. The molecule has 1 aliphatic carbocycles. The first-order valence-corrected chi connectivity index (χ1v) is 3.52. The van der Waals surface area contributed by atoms with E-state index in [0.717, 1.165) is 0 Å². The van der Waals surface area contributed by atoms with E-state index in [9.17, 15) is 4.79 Å². The zero-order valence-corrected chi connectivity index (χ0v) is 6.64. The van der Waals surface area contributed by atoms with E-state index in [0.29, 0.717) is 0 Å². The van der Waals surface area contributed by atoms with E-state index in [1.54, 1.807) is 6.08 Å². The summed E-state index contributed by atoms with van der Waals surface area (Å²) in [7, 11) is 0. The van der Waals surface area contributed by atoms with Crippen molar-refractivity contribution in [3.8, 4) is 0 Å². The van der Waals surface area contributed by atoms with Crippen LogP contribution < -0.4 is 0 Å². The number of carbonyl (C=O) groups is 1. The minimum atomic E-state index is 0.102. The third-order valence-electron chi connectivity index (χ3n) is 2.20. The Kier molecular flexibility index (Phi) is 1.75. The van der Waals surface area contributed by atoms with Gasteiger partial charge in [0.25, 0.3) is 0 Å². The monoisotopic (exact) mass is 136 g/mol. The van der Waals surface area contributed by atoms with Crippen LogP contribution in [0.4, 0.5) is 0 Å². The molecule has 0 spiro atoms. The molecule has 0 heterocycles. The summed E-state index contributed by atoms with van der Waals surface area (Å²) in [5, 5.41) is 0. The Morgan fingerprint density at radius 2 is 1.90 bits per heavy atom. The largest absolute Gasteiger partial charge is 0.294 e. The summed E-state index contributed by atoms with van der Waals surface area (Å²) in [5.41, 5.74) is 2.43. The van der Waals surface area contributed by atoms with Gasteiger partial charge < -0.3 is 0 Å². The lowest BCUT2D eigenvalue weighted by Crippen LogP contribution is -2.13. The number of ketones is 1. The fourth-order valence-electron chi connectivity index (χ4n) is 1.04. The van der Waals surface area contributed by atoms with Gasteiger partial charge in [-0.05, 0) is 19.9 Å². The SMILES string of the molecule is CC1=C(C)C(C)C(=O)C=C1. The third-order valence-corrected chi connectivity index (χ3v) is 2.20. The number of allylic oxidation sites excluding steroid dienone is 4. The number of carbonyl (C=O) groups excluding carboxylic acids is 1. The molecule has 54 valence electrons. The van der Waals surface area contributed by atoms with Crippen LogP contribution in [0.2, 0.25) is 0 Å². The normalized spacial score (nSPS) is 25.9. The predicted molar refractivity (Wildman–Crippen MR) is 41.7 cm³/mol. The molecule has 0 saturated carbocycles. The second kappa shape index (κ2) is 2.41. The zero-order chi connectivity index (χ0) is 7.72. The van der Waals surface area contributed by atoms with Crippen molar-refractivity contribution in [2.45, 2.75) is 20.8 Å². The molecule has 0 radical (unpaired) electrons. The van der Waals surface area contributed by atoms with Crippen LogP contribution in [0.25, 0.3) is 0 Å². The maximum atomic E-state index is 11.0. The third kappa shape index (κ3) is 1.04. The van der Waals surface area contributed by atoms with Gasteiger partial charge in [0.2, 0.25) is 0 Å². The Balaban J connectivity index is 2.99. The molecule has 1 unspecified atom stereocenters. The highest BCUT2D eigenvalue weighted by Crippen LogP contribution is 2.20. The standard InChI is InChI=1S/C9H12O/c1-6-4-5-9(10)8(3)7(6)2/h4-5,8H,1-3H3. The average Bonchev–Trinajstić information content (AvgIpc) is 1.93. The van der Waals surface area contributed by atoms with Gasteiger partial charge in [-0.2, -0.15) is 0 Å². The quantitative estimate of drug-likeness (QED) is 0.498. The van der Waals surface area contributed by atoms with Crippen molar-refractivity contribution < 1.29 is 4.79 Å². The van der Waals surface area contributed by atoms with Gasteiger partial charge in [-0.3, -0.25) is 4.79 Å². The lowest BCUT2D eigenvalue weighted by Gasteiger charge is -2.14. The lowest BCUT2D eigenvalue weighted by molar-refractivity contribution is -0.116. The molecule has 0 aromatic rings. The fourth-order valence-corrected chi connectivity index (χ4v) is 1.04. The Hall–Kier alpha value is -0.850. The first kappa shape index (κ1) is 7.26. The van der Waals surface area contributed by atoms with E-state index in [1.807, 2.05) is 26.8 Å². The van der Waals surface area contributed by atoms with Crippen molar-refractivity contribution >= 4 is 5.78 Å². The first-order chi connectivity index (χ1) is 4.63. The van der Waals surface area contributed by atoms with Crippen molar-refractivity contribution in [3.63, 3.8) is 0 Å². The molecule has 0 aromatic carbocycles. The van der Waals surface area contributed by atoms with Crippen LogP contribution in [-0.2, 0) is 4.79 Å². The molecule has 0 N–H and O–H groups in total. The van der Waals surface area contributed by atoms with Crippen molar-refractivity contribution in [2.24, 2.45) is 5.92 Å². The summed E-state index contributed by atoms with van der Waals surface area (Å²) in [6, 6.07) is 0. The second-order valence-corrected chi connectivity index (χ2v) is 2.82. The van der Waals surface area contributed by atoms with Gasteiger partial charge >= 0.3 is 0 Å². The summed E-state index contributed by atoms with van der Waals surface area (Å²) < 4.78 is 0. The molecular formula is C9H12O. The van der Waals surface area contributed by atoms with Crippen LogP contribution in [0.5, 0.6) is 0 Å². The maximum absolute atomic E-state index is 11.0. The molecule has 0 amide bonds. The van der Waals surface area contributed by atoms with Crippen LogP contribution >= 0.6 is 0 Å². The smallest absolute Gasteiger partial charge is 0.162 e. The topological polar surface area (TPSA) is 17.1 Å². The predicted octanol–water partition coefficient (Wildman–Crippen LogP) is 2.10. The Morgan fingerprint density at radius 1 is 1.30 bits per heavy atom. The summed E-state index contributed by atoms with van der Waals surface area (Å²) >= 11 is 0.